The molecule has 4 aliphatic heterocycles. The molecule has 10 atom stereocenters. The maximum atomic E-state index is 14.9. The number of rotatable bonds is 10. The molecule has 48 heavy (non-hydrogen) atoms. The summed E-state index contributed by atoms with van der Waals surface area (Å²) in [5, 5.41) is 13.7. The molecule has 0 bridgehead atoms. The summed E-state index contributed by atoms with van der Waals surface area (Å²) >= 11 is 0. The summed E-state index contributed by atoms with van der Waals surface area (Å²) in [5.74, 6) is -3.87. The van der Waals surface area contributed by atoms with E-state index in [0.717, 1.165) is 12.8 Å². The van der Waals surface area contributed by atoms with Crippen LogP contribution in [0.2, 0.25) is 0 Å². The smallest absolute Gasteiger partial charge is 0.313 e. The Morgan fingerprint density at radius 1 is 1.08 bits per heavy atom. The molecule has 262 valence electrons. The van der Waals surface area contributed by atoms with E-state index in [-0.39, 0.29) is 43.4 Å². The van der Waals surface area contributed by atoms with Crippen molar-refractivity contribution >= 4 is 23.7 Å². The van der Waals surface area contributed by atoms with E-state index in [4.69, 9.17) is 14.2 Å². The summed E-state index contributed by atoms with van der Waals surface area (Å²) in [7, 11) is 1.51. The van der Waals surface area contributed by atoms with Crippen molar-refractivity contribution in [3.8, 4) is 0 Å². The lowest BCUT2D eigenvalue weighted by atomic mass is 9.77. The predicted molar refractivity (Wildman–Crippen MR) is 178 cm³/mol. The number of nitrogens with zero attached hydrogens (tertiary/aromatic N) is 2. The van der Waals surface area contributed by atoms with E-state index in [1.807, 2.05) is 63.3 Å². The average Bonchev–Trinajstić information content (AvgIpc) is 3.46. The third-order valence-corrected chi connectivity index (χ3v) is 10.6. The first-order valence-electron chi connectivity index (χ1n) is 17.4. The molecule has 4 aliphatic rings. The van der Waals surface area contributed by atoms with Crippen LogP contribution in [0, 0.1) is 17.8 Å². The Hall–Kier alpha value is -3.54. The van der Waals surface area contributed by atoms with Crippen molar-refractivity contribution in [1.29, 1.82) is 0 Å². The van der Waals surface area contributed by atoms with Crippen LogP contribution in [-0.2, 0) is 33.4 Å². The molecule has 2 N–H and O–H groups in total. The number of ether oxygens (including phenoxy) is 3. The van der Waals surface area contributed by atoms with Gasteiger partial charge >= 0.3 is 5.97 Å². The van der Waals surface area contributed by atoms with Crippen molar-refractivity contribution in [1.82, 2.24) is 15.1 Å². The minimum Gasteiger partial charge on any atom is -0.455 e. The third-order valence-electron chi connectivity index (χ3n) is 10.6. The number of aliphatic hydroxyl groups excluding tert-OH is 1. The number of aliphatic hydroxyl groups is 1. The lowest BCUT2D eigenvalue weighted by Crippen LogP contribution is -2.60. The van der Waals surface area contributed by atoms with Gasteiger partial charge < -0.3 is 34.4 Å². The molecule has 5 rings (SSSR count). The van der Waals surface area contributed by atoms with E-state index in [9.17, 15) is 24.3 Å². The van der Waals surface area contributed by atoms with Gasteiger partial charge in [0.1, 0.15) is 23.7 Å². The van der Waals surface area contributed by atoms with Crippen LogP contribution < -0.4 is 5.32 Å². The number of benzene rings is 1. The van der Waals surface area contributed by atoms with Gasteiger partial charge in [-0.15, -0.1) is 0 Å². The first-order valence-corrected chi connectivity index (χ1v) is 17.4. The van der Waals surface area contributed by atoms with Gasteiger partial charge in [-0.05, 0) is 31.2 Å². The number of fused-ring (bicyclic) bond motifs is 2. The molecule has 1 spiro atoms. The Balaban J connectivity index is 1.65. The fourth-order valence-corrected chi connectivity index (χ4v) is 7.99. The van der Waals surface area contributed by atoms with Crippen LogP contribution in [0.15, 0.2) is 54.6 Å². The van der Waals surface area contributed by atoms with E-state index < -0.39 is 59.6 Å². The van der Waals surface area contributed by atoms with Crippen LogP contribution in [0.5, 0.6) is 0 Å². The Bertz CT molecular complexity index is 1380. The molecular weight excluding hydrogens is 614 g/mol. The number of hydrogen-bond donors (Lipinski definition) is 2. The molecule has 0 aliphatic carbocycles. The van der Waals surface area contributed by atoms with Gasteiger partial charge in [-0.3, -0.25) is 19.2 Å². The molecule has 11 nitrogen and oxygen atoms in total. The van der Waals surface area contributed by atoms with Crippen LogP contribution >= 0.6 is 0 Å². The lowest BCUT2D eigenvalue weighted by Gasteiger charge is -2.41. The zero-order valence-corrected chi connectivity index (χ0v) is 28.7. The van der Waals surface area contributed by atoms with Crippen LogP contribution in [0.25, 0.3) is 0 Å². The second-order valence-corrected chi connectivity index (χ2v) is 13.6. The molecule has 0 radical (unpaired) electrons. The van der Waals surface area contributed by atoms with Crippen LogP contribution in [0.3, 0.4) is 0 Å². The highest BCUT2D eigenvalue weighted by molar-refractivity contribution is 5.99. The van der Waals surface area contributed by atoms with Crippen LogP contribution in [0.1, 0.15) is 71.5 Å². The molecule has 0 saturated carbocycles. The minimum absolute atomic E-state index is 0.0806. The highest BCUT2D eigenvalue weighted by Crippen LogP contribution is 2.54. The molecule has 4 heterocycles. The number of hydrogen-bond acceptors (Lipinski definition) is 8. The van der Waals surface area contributed by atoms with Gasteiger partial charge in [-0.1, -0.05) is 88.2 Å². The van der Waals surface area contributed by atoms with Crippen molar-refractivity contribution < 1.29 is 38.5 Å². The number of likely N-dealkylation sites (tertiary alicyclic amines) is 1. The summed E-state index contributed by atoms with van der Waals surface area (Å²) < 4.78 is 18.6. The maximum absolute atomic E-state index is 14.9. The van der Waals surface area contributed by atoms with Crippen molar-refractivity contribution in [2.75, 3.05) is 26.9 Å². The van der Waals surface area contributed by atoms with Gasteiger partial charge in [0.2, 0.25) is 17.7 Å². The number of allylic oxidation sites excluding steroid dienone is 1. The molecule has 1 aromatic carbocycles. The Labute approximate surface area is 283 Å². The second-order valence-electron chi connectivity index (χ2n) is 13.6. The lowest BCUT2D eigenvalue weighted by molar-refractivity contribution is -0.163. The van der Waals surface area contributed by atoms with E-state index >= 15 is 0 Å². The highest BCUT2D eigenvalue weighted by Gasteiger charge is 2.73. The molecule has 2 saturated heterocycles. The van der Waals surface area contributed by atoms with Gasteiger partial charge in [-0.25, -0.2) is 0 Å². The largest absolute Gasteiger partial charge is 0.455 e. The number of carbonyl (C=O) groups excluding carboxylic acids is 4. The summed E-state index contributed by atoms with van der Waals surface area (Å²) in [5.41, 5.74) is -0.818. The fraction of sp³-hybridized carbons (Fsp3) is 0.622. The van der Waals surface area contributed by atoms with Gasteiger partial charge in [0.25, 0.3) is 0 Å². The summed E-state index contributed by atoms with van der Waals surface area (Å²) in [6.07, 6.45) is 8.26. The average molecular weight is 666 g/mol. The number of cyclic esters (lactones) is 1. The van der Waals surface area contributed by atoms with E-state index in [1.165, 1.54) is 12.0 Å². The number of methoxy groups -OCH3 is 1. The molecule has 3 amide bonds. The summed E-state index contributed by atoms with van der Waals surface area (Å²) in [6, 6.07) is 6.59. The quantitative estimate of drug-likeness (QED) is 0.287. The van der Waals surface area contributed by atoms with Gasteiger partial charge in [0, 0.05) is 26.1 Å². The highest BCUT2D eigenvalue weighted by atomic mass is 16.6. The Morgan fingerprint density at radius 2 is 1.83 bits per heavy atom. The molecule has 1 unspecified atom stereocenters. The van der Waals surface area contributed by atoms with Gasteiger partial charge in [0.15, 0.2) is 0 Å². The van der Waals surface area contributed by atoms with Crippen LogP contribution in [0.4, 0.5) is 0 Å². The Morgan fingerprint density at radius 3 is 2.50 bits per heavy atom. The fourth-order valence-electron chi connectivity index (χ4n) is 7.99. The number of esters is 1. The molecule has 2 fully saturated rings. The van der Waals surface area contributed by atoms with Crippen molar-refractivity contribution in [3.05, 3.63) is 60.2 Å². The monoisotopic (exact) mass is 665 g/mol. The predicted octanol–water partition coefficient (Wildman–Crippen LogP) is 3.33. The van der Waals surface area contributed by atoms with Crippen molar-refractivity contribution in [3.63, 3.8) is 0 Å². The molecule has 1 aromatic rings. The zero-order valence-electron chi connectivity index (χ0n) is 28.7. The van der Waals surface area contributed by atoms with Gasteiger partial charge in [0.05, 0.1) is 37.3 Å². The van der Waals surface area contributed by atoms with Crippen LogP contribution in [-0.4, -0.2) is 101 Å². The topological polar surface area (TPSA) is 135 Å². The SMILES string of the molecule is CCCC(C)N1CC=C[C@@]23O[C@H]4/C=C\CCC(=O)N[C@@H](COC)[C@H](c5ccccc5)OC(=O)[C@H]4[C@@H]2C(=O)N([C@@H](CO)[C@@H](C)CC)[C@H]3C1=O. The minimum atomic E-state index is -1.48. The maximum Gasteiger partial charge on any atom is 0.313 e. The van der Waals surface area contributed by atoms with E-state index in [1.54, 1.807) is 17.1 Å². The number of amides is 3. The third kappa shape index (κ3) is 6.56. The number of nitrogens with one attached hydrogen (secondary N) is 1. The first kappa shape index (κ1) is 35.8. The standard InChI is InChI=1S/C37H51N3O8/c1-6-14-24(4)39-20-13-19-37-31(34(43)40(33(37)35(39)44)27(21-41)23(3)7-2)30-28(48-37)17-11-12-18-29(42)38-26(22-46-5)32(47-36(30)45)25-15-9-8-10-16-25/h8-11,13,15-17,19,23-24,26-28,30-33,41H,6-7,12,14,18,20-22H2,1-5H3,(H,38,42)/b17-11-/t23-,24?,26-,27-,28-,30+,31+,32-,33-,37+/m0/s1. The molecule has 11 heteroatoms. The van der Waals surface area contributed by atoms with Crippen molar-refractivity contribution in [2.24, 2.45) is 17.8 Å². The molecular formula is C37H51N3O8. The van der Waals surface area contributed by atoms with E-state index in [2.05, 4.69) is 12.2 Å². The van der Waals surface area contributed by atoms with E-state index in [0.29, 0.717) is 24.9 Å². The zero-order chi connectivity index (χ0) is 34.6. The summed E-state index contributed by atoms with van der Waals surface area (Å²) in [6.45, 7) is 8.08. The Kier molecular flexibility index (Phi) is 11.4. The second kappa shape index (κ2) is 15.3. The molecule has 0 aromatic heterocycles. The van der Waals surface area contributed by atoms with Gasteiger partial charge in [-0.2, -0.15) is 0 Å². The van der Waals surface area contributed by atoms with Crippen molar-refractivity contribution in [2.45, 2.75) is 102 Å². The number of carbonyl (C=O) groups is 4. The first-order chi connectivity index (χ1) is 23.1. The summed E-state index contributed by atoms with van der Waals surface area (Å²) in [4.78, 5) is 60.5. The normalized spacial score (nSPS) is 33.3.